The molecule has 2 atom stereocenters. The van der Waals surface area contributed by atoms with Gasteiger partial charge in [-0.15, -0.1) is 0 Å². The number of carboxylic acids is 1. The third kappa shape index (κ3) is 8.01. The molecule has 6 heteroatoms. The summed E-state index contributed by atoms with van der Waals surface area (Å²) >= 11 is 0. The fraction of sp³-hybridized carbons (Fsp3) is 0.875. The predicted octanol–water partition coefficient (Wildman–Crippen LogP) is 4.98. The minimum absolute atomic E-state index is 0.0216. The molecule has 0 rings (SSSR count). The van der Waals surface area contributed by atoms with Gasteiger partial charge in [-0.3, -0.25) is 14.4 Å². The molecule has 0 spiro atoms. The quantitative estimate of drug-likeness (QED) is 0.337. The van der Waals surface area contributed by atoms with Gasteiger partial charge in [-0.2, -0.15) is 0 Å². The maximum atomic E-state index is 12.7. The lowest BCUT2D eigenvalue weighted by Gasteiger charge is -2.49. The van der Waals surface area contributed by atoms with Crippen molar-refractivity contribution < 1.29 is 24.2 Å². The highest BCUT2D eigenvalue weighted by Gasteiger charge is 2.48. The van der Waals surface area contributed by atoms with Gasteiger partial charge in [-0.05, 0) is 29.6 Å². The summed E-state index contributed by atoms with van der Waals surface area (Å²) in [7, 11) is 0. The largest absolute Gasteiger partial charge is 0.481 e. The number of hydrogen-bond acceptors (Lipinski definition) is 5. The van der Waals surface area contributed by atoms with E-state index in [9.17, 15) is 14.4 Å². The Morgan fingerprint density at radius 3 is 1.97 bits per heavy atom. The molecule has 0 aromatic carbocycles. The zero-order valence-electron chi connectivity index (χ0n) is 20.3. The Labute approximate surface area is 183 Å². The third-order valence-electron chi connectivity index (χ3n) is 7.36. The Balaban J connectivity index is 4.97. The van der Waals surface area contributed by atoms with E-state index in [0.29, 0.717) is 18.8 Å². The molecule has 0 aliphatic carbocycles. The van der Waals surface area contributed by atoms with E-state index in [1.165, 1.54) is 0 Å². The van der Waals surface area contributed by atoms with Gasteiger partial charge in [0.25, 0.3) is 0 Å². The second-order valence-electron chi connectivity index (χ2n) is 9.59. The average molecular weight is 428 g/mol. The number of rotatable bonds is 16. The molecule has 0 heterocycles. The minimum Gasteiger partial charge on any atom is -0.481 e. The Kier molecular flexibility index (Phi) is 12.5. The minimum atomic E-state index is -0.975. The highest BCUT2D eigenvalue weighted by Crippen LogP contribution is 2.48. The summed E-state index contributed by atoms with van der Waals surface area (Å²) in [5.41, 5.74) is 5.75. The SMILES string of the molecule is CCCCC(CCOC(=O)C(N)C(C)(C)C(C)(C)C(CC)CC)C(=O)CCC(=O)O. The van der Waals surface area contributed by atoms with Crippen LogP contribution < -0.4 is 5.73 Å². The molecular weight excluding hydrogens is 382 g/mol. The topological polar surface area (TPSA) is 107 Å². The molecule has 0 bridgehead atoms. The van der Waals surface area contributed by atoms with E-state index in [1.807, 2.05) is 20.8 Å². The summed E-state index contributed by atoms with van der Waals surface area (Å²) in [6.45, 7) is 14.9. The van der Waals surface area contributed by atoms with Gasteiger partial charge in [0.1, 0.15) is 11.8 Å². The molecular formula is C24H45NO5. The number of ketones is 1. The Bertz CT molecular complexity index is 552. The molecule has 0 radical (unpaired) electrons. The number of hydrogen-bond donors (Lipinski definition) is 2. The van der Waals surface area contributed by atoms with Gasteiger partial charge in [-0.25, -0.2) is 0 Å². The van der Waals surface area contributed by atoms with Crippen LogP contribution in [0.15, 0.2) is 0 Å². The first-order chi connectivity index (χ1) is 13.9. The summed E-state index contributed by atoms with van der Waals surface area (Å²) in [6, 6.07) is -0.759. The third-order valence-corrected chi connectivity index (χ3v) is 7.36. The van der Waals surface area contributed by atoms with Gasteiger partial charge < -0.3 is 15.6 Å². The van der Waals surface area contributed by atoms with Crippen molar-refractivity contribution >= 4 is 17.7 Å². The lowest BCUT2D eigenvalue weighted by atomic mass is 9.57. The molecule has 0 aliphatic rings. The zero-order chi connectivity index (χ0) is 23.5. The molecule has 0 aromatic heterocycles. The van der Waals surface area contributed by atoms with Crippen LogP contribution in [0.1, 0.15) is 99.8 Å². The van der Waals surface area contributed by atoms with Crippen LogP contribution in [-0.4, -0.2) is 35.5 Å². The molecule has 0 fully saturated rings. The van der Waals surface area contributed by atoms with Gasteiger partial charge in [0.15, 0.2) is 0 Å². The Hall–Kier alpha value is -1.43. The van der Waals surface area contributed by atoms with Crippen molar-refractivity contribution in [3.05, 3.63) is 0 Å². The highest BCUT2D eigenvalue weighted by atomic mass is 16.5. The lowest BCUT2D eigenvalue weighted by molar-refractivity contribution is -0.152. The summed E-state index contributed by atoms with van der Waals surface area (Å²) in [5, 5.41) is 8.81. The van der Waals surface area contributed by atoms with Crippen LogP contribution in [0.3, 0.4) is 0 Å². The average Bonchev–Trinajstić information content (AvgIpc) is 2.68. The number of ether oxygens (including phenoxy) is 1. The number of Topliss-reactive ketones (excluding diaryl/α,β-unsaturated/α-hetero) is 1. The zero-order valence-corrected chi connectivity index (χ0v) is 20.3. The van der Waals surface area contributed by atoms with Crippen LogP contribution in [0, 0.1) is 22.7 Å². The molecule has 30 heavy (non-hydrogen) atoms. The maximum Gasteiger partial charge on any atom is 0.323 e. The van der Waals surface area contributed by atoms with Gasteiger partial charge in [0.05, 0.1) is 13.0 Å². The molecule has 0 aromatic rings. The van der Waals surface area contributed by atoms with Crippen molar-refractivity contribution in [1.82, 2.24) is 0 Å². The number of carbonyl (C=O) groups excluding carboxylic acids is 2. The highest BCUT2D eigenvalue weighted by molar-refractivity contribution is 5.84. The number of esters is 1. The number of aliphatic carboxylic acids is 1. The monoisotopic (exact) mass is 427 g/mol. The molecule has 0 aliphatic heterocycles. The number of carboxylic acid groups (broad SMARTS) is 1. The number of nitrogens with two attached hydrogens (primary N) is 1. The van der Waals surface area contributed by atoms with Gasteiger partial charge in [0, 0.05) is 12.3 Å². The van der Waals surface area contributed by atoms with E-state index in [2.05, 4.69) is 27.7 Å². The van der Waals surface area contributed by atoms with E-state index in [1.54, 1.807) is 0 Å². The van der Waals surface area contributed by atoms with Gasteiger partial charge in [0.2, 0.25) is 0 Å². The summed E-state index contributed by atoms with van der Waals surface area (Å²) in [6.07, 6.45) is 4.83. The van der Waals surface area contributed by atoms with Crippen molar-refractivity contribution in [2.75, 3.05) is 6.61 Å². The summed E-state index contributed by atoms with van der Waals surface area (Å²) in [4.78, 5) is 35.8. The van der Waals surface area contributed by atoms with Crippen LogP contribution in [0.5, 0.6) is 0 Å². The van der Waals surface area contributed by atoms with Crippen molar-refractivity contribution in [2.45, 2.75) is 106 Å². The smallest absolute Gasteiger partial charge is 0.323 e. The second-order valence-corrected chi connectivity index (χ2v) is 9.59. The molecule has 3 N–H and O–H groups in total. The molecule has 6 nitrogen and oxygen atoms in total. The van der Waals surface area contributed by atoms with Crippen molar-refractivity contribution in [1.29, 1.82) is 0 Å². The lowest BCUT2D eigenvalue weighted by Crippen LogP contribution is -2.54. The van der Waals surface area contributed by atoms with Crippen LogP contribution >= 0.6 is 0 Å². The molecule has 0 saturated heterocycles. The standard InChI is InChI=1S/C24H45NO5/c1-8-11-12-17(19(26)13-14-20(27)28)15-16-30-22(29)21(25)24(6,7)23(4,5)18(9-2)10-3/h17-18,21H,8-16,25H2,1-7H3,(H,27,28). The predicted molar refractivity (Wildman–Crippen MR) is 120 cm³/mol. The fourth-order valence-corrected chi connectivity index (χ4v) is 4.27. The normalized spacial score (nSPS) is 14.4. The van der Waals surface area contributed by atoms with Crippen LogP contribution in [0.25, 0.3) is 0 Å². The summed E-state index contributed by atoms with van der Waals surface area (Å²) in [5.74, 6) is -1.32. The molecule has 0 amide bonds. The first-order valence-corrected chi connectivity index (χ1v) is 11.5. The Morgan fingerprint density at radius 1 is 0.933 bits per heavy atom. The van der Waals surface area contributed by atoms with E-state index >= 15 is 0 Å². The molecule has 0 saturated carbocycles. The van der Waals surface area contributed by atoms with Crippen LogP contribution in [0.4, 0.5) is 0 Å². The number of unbranched alkanes of at least 4 members (excludes halogenated alkanes) is 1. The van der Waals surface area contributed by atoms with Crippen LogP contribution in [0.2, 0.25) is 0 Å². The first kappa shape index (κ1) is 28.6. The van der Waals surface area contributed by atoms with Crippen molar-refractivity contribution in [3.8, 4) is 0 Å². The van der Waals surface area contributed by atoms with Gasteiger partial charge in [-0.1, -0.05) is 74.1 Å². The second kappa shape index (κ2) is 13.1. The maximum absolute atomic E-state index is 12.7. The first-order valence-electron chi connectivity index (χ1n) is 11.5. The van der Waals surface area contributed by atoms with Gasteiger partial charge >= 0.3 is 11.9 Å². The van der Waals surface area contributed by atoms with E-state index < -0.39 is 23.4 Å². The van der Waals surface area contributed by atoms with Crippen molar-refractivity contribution in [2.24, 2.45) is 28.4 Å². The molecule has 176 valence electrons. The van der Waals surface area contributed by atoms with E-state index in [-0.39, 0.29) is 36.6 Å². The van der Waals surface area contributed by atoms with Crippen LogP contribution in [-0.2, 0) is 19.1 Å². The van der Waals surface area contributed by atoms with Crippen molar-refractivity contribution in [3.63, 3.8) is 0 Å². The fourth-order valence-electron chi connectivity index (χ4n) is 4.27. The Morgan fingerprint density at radius 2 is 1.50 bits per heavy atom. The molecule has 2 unspecified atom stereocenters. The van der Waals surface area contributed by atoms with E-state index in [4.69, 9.17) is 15.6 Å². The number of carbonyl (C=O) groups is 3. The summed E-state index contributed by atoms with van der Waals surface area (Å²) < 4.78 is 5.49. The van der Waals surface area contributed by atoms with E-state index in [0.717, 1.165) is 25.7 Å².